The molecule has 0 radical (unpaired) electrons. The summed E-state index contributed by atoms with van der Waals surface area (Å²) >= 11 is 0. The summed E-state index contributed by atoms with van der Waals surface area (Å²) in [5, 5.41) is 6.36. The molecule has 0 aliphatic carbocycles. The van der Waals surface area contributed by atoms with Crippen molar-refractivity contribution in [1.29, 1.82) is 0 Å². The van der Waals surface area contributed by atoms with Crippen LogP contribution in [-0.4, -0.2) is 43.4 Å². The molecule has 8 nitrogen and oxygen atoms in total. The van der Waals surface area contributed by atoms with Crippen LogP contribution in [0.1, 0.15) is 10.4 Å². The Kier molecular flexibility index (Phi) is 7.91. The van der Waals surface area contributed by atoms with Gasteiger partial charge in [-0.25, -0.2) is 13.2 Å². The van der Waals surface area contributed by atoms with Crippen molar-refractivity contribution in [3.63, 3.8) is 0 Å². The number of hydrogen-bond acceptors (Lipinski definition) is 5. The molecule has 0 atom stereocenters. The molecule has 11 heteroatoms. The molecule has 0 aliphatic rings. The summed E-state index contributed by atoms with van der Waals surface area (Å²) < 4.78 is 44.0. The molecule has 0 unspecified atom stereocenters. The molecule has 2 aromatic rings. The van der Waals surface area contributed by atoms with Crippen LogP contribution in [0.4, 0.5) is 18.9 Å². The number of hydrogen-bond donors (Lipinski definition) is 3. The van der Waals surface area contributed by atoms with Crippen LogP contribution in [0.5, 0.6) is 0 Å². The van der Waals surface area contributed by atoms with E-state index in [1.807, 2.05) is 5.32 Å². The Balaban J connectivity index is 1.68. The third kappa shape index (κ3) is 6.62. The van der Waals surface area contributed by atoms with Gasteiger partial charge in [0.05, 0.1) is 12.2 Å². The van der Waals surface area contributed by atoms with Gasteiger partial charge in [0.2, 0.25) is 5.91 Å². The Morgan fingerprint density at radius 3 is 2.20 bits per heavy atom. The lowest BCUT2D eigenvalue weighted by Crippen LogP contribution is -2.37. The lowest BCUT2D eigenvalue weighted by atomic mass is 10.2. The minimum Gasteiger partial charge on any atom is -0.454 e. The zero-order valence-electron chi connectivity index (χ0n) is 15.3. The summed E-state index contributed by atoms with van der Waals surface area (Å²) in [6.45, 7) is -1.84. The van der Waals surface area contributed by atoms with E-state index in [0.717, 1.165) is 6.07 Å². The summed E-state index contributed by atoms with van der Waals surface area (Å²) in [6.07, 6.45) is 0. The molecule has 2 aromatic carbocycles. The van der Waals surface area contributed by atoms with Crippen LogP contribution in [0.2, 0.25) is 0 Å². The van der Waals surface area contributed by atoms with Gasteiger partial charge in [-0.15, -0.1) is 0 Å². The molecule has 3 N–H and O–H groups in total. The first-order valence-electron chi connectivity index (χ1n) is 8.47. The summed E-state index contributed by atoms with van der Waals surface area (Å²) in [4.78, 5) is 46.6. The van der Waals surface area contributed by atoms with Crippen molar-refractivity contribution in [2.45, 2.75) is 0 Å². The summed E-state index contributed by atoms with van der Waals surface area (Å²) in [7, 11) is 0. The Bertz CT molecular complexity index is 954. The Morgan fingerprint density at radius 1 is 0.800 bits per heavy atom. The van der Waals surface area contributed by atoms with Crippen LogP contribution in [0.3, 0.4) is 0 Å². The van der Waals surface area contributed by atoms with Crippen molar-refractivity contribution in [3.8, 4) is 0 Å². The molecule has 0 bridgehead atoms. The third-order valence-corrected chi connectivity index (χ3v) is 3.55. The highest BCUT2D eigenvalue weighted by atomic mass is 19.2. The van der Waals surface area contributed by atoms with Crippen LogP contribution in [0.25, 0.3) is 0 Å². The fraction of sp³-hybridized carbons (Fsp3) is 0.158. The monoisotopic (exact) mass is 423 g/mol. The van der Waals surface area contributed by atoms with Gasteiger partial charge in [0.15, 0.2) is 24.1 Å². The molecular weight excluding hydrogens is 407 g/mol. The molecule has 0 aliphatic heterocycles. The van der Waals surface area contributed by atoms with Gasteiger partial charge in [0.25, 0.3) is 11.8 Å². The van der Waals surface area contributed by atoms with Gasteiger partial charge >= 0.3 is 5.97 Å². The number of nitrogens with one attached hydrogen (secondary N) is 3. The highest BCUT2D eigenvalue weighted by Crippen LogP contribution is 2.19. The quantitative estimate of drug-likeness (QED) is 0.435. The Hall–Kier alpha value is -3.89. The number of carbonyl (C=O) groups is 4. The molecule has 3 amide bonds. The van der Waals surface area contributed by atoms with Crippen molar-refractivity contribution in [2.24, 2.45) is 0 Å². The Morgan fingerprint density at radius 2 is 1.50 bits per heavy atom. The average molecular weight is 423 g/mol. The summed E-state index contributed by atoms with van der Waals surface area (Å²) in [5.74, 6) is -7.90. The first kappa shape index (κ1) is 22.4. The smallest absolute Gasteiger partial charge is 0.325 e. The molecule has 30 heavy (non-hydrogen) atoms. The fourth-order valence-corrected chi connectivity index (χ4v) is 2.09. The van der Waals surface area contributed by atoms with E-state index in [0.29, 0.717) is 11.6 Å². The number of amides is 3. The third-order valence-electron chi connectivity index (χ3n) is 3.55. The second-order valence-corrected chi connectivity index (χ2v) is 5.76. The maximum absolute atomic E-state index is 13.5. The van der Waals surface area contributed by atoms with Gasteiger partial charge < -0.3 is 20.7 Å². The summed E-state index contributed by atoms with van der Waals surface area (Å²) in [6, 6.07) is 9.56. The van der Waals surface area contributed by atoms with Crippen LogP contribution in [-0.2, 0) is 19.1 Å². The molecule has 158 valence electrons. The largest absolute Gasteiger partial charge is 0.454 e. The van der Waals surface area contributed by atoms with Gasteiger partial charge in [-0.3, -0.25) is 19.2 Å². The van der Waals surface area contributed by atoms with Crippen molar-refractivity contribution in [1.82, 2.24) is 10.6 Å². The lowest BCUT2D eigenvalue weighted by molar-refractivity contribution is -0.147. The molecule has 2 rings (SSSR count). The van der Waals surface area contributed by atoms with E-state index in [9.17, 15) is 32.3 Å². The van der Waals surface area contributed by atoms with E-state index in [-0.39, 0.29) is 0 Å². The highest BCUT2D eigenvalue weighted by molar-refractivity contribution is 5.96. The SMILES string of the molecule is O=C(COC(=O)CNC(=O)c1ccccc1)NCC(=O)Nc1ccc(F)c(F)c1F. The normalized spacial score (nSPS) is 10.1. The van der Waals surface area contributed by atoms with Crippen LogP contribution in [0, 0.1) is 17.5 Å². The van der Waals surface area contributed by atoms with Gasteiger partial charge in [0, 0.05) is 5.56 Å². The van der Waals surface area contributed by atoms with Gasteiger partial charge in [-0.1, -0.05) is 18.2 Å². The number of benzene rings is 2. The van der Waals surface area contributed by atoms with Gasteiger partial charge in [-0.05, 0) is 24.3 Å². The second-order valence-electron chi connectivity index (χ2n) is 5.76. The van der Waals surface area contributed by atoms with Crippen LogP contribution in [0.15, 0.2) is 42.5 Å². The predicted molar refractivity (Wildman–Crippen MR) is 97.7 cm³/mol. The number of halogens is 3. The molecular formula is C19H16F3N3O5. The predicted octanol–water partition coefficient (Wildman–Crippen LogP) is 1.13. The van der Waals surface area contributed by atoms with E-state index >= 15 is 0 Å². The summed E-state index contributed by atoms with van der Waals surface area (Å²) in [5.41, 5.74) is -0.264. The average Bonchev–Trinajstić information content (AvgIpc) is 2.75. The van der Waals surface area contributed by atoms with Crippen LogP contribution >= 0.6 is 0 Å². The maximum Gasteiger partial charge on any atom is 0.325 e. The zero-order valence-corrected chi connectivity index (χ0v) is 15.3. The maximum atomic E-state index is 13.5. The number of esters is 1. The van der Waals surface area contributed by atoms with Gasteiger partial charge in [-0.2, -0.15) is 0 Å². The molecule has 0 saturated heterocycles. The minimum atomic E-state index is -1.75. The fourth-order valence-electron chi connectivity index (χ4n) is 2.09. The number of anilines is 1. The van der Waals surface area contributed by atoms with Crippen molar-refractivity contribution in [3.05, 3.63) is 65.5 Å². The number of ether oxygens (including phenoxy) is 1. The molecule has 0 aromatic heterocycles. The minimum absolute atomic E-state index is 0.339. The van der Waals surface area contributed by atoms with E-state index in [1.165, 1.54) is 0 Å². The van der Waals surface area contributed by atoms with Crippen molar-refractivity contribution in [2.75, 3.05) is 25.0 Å². The Labute approximate surface area is 168 Å². The van der Waals surface area contributed by atoms with E-state index in [1.54, 1.807) is 30.3 Å². The molecule has 0 heterocycles. The number of carbonyl (C=O) groups excluding carboxylic acids is 4. The molecule has 0 fully saturated rings. The second kappa shape index (κ2) is 10.6. The van der Waals surface area contributed by atoms with Crippen molar-refractivity contribution < 1.29 is 37.1 Å². The lowest BCUT2D eigenvalue weighted by Gasteiger charge is -2.09. The number of rotatable bonds is 8. The van der Waals surface area contributed by atoms with Crippen molar-refractivity contribution >= 4 is 29.4 Å². The zero-order chi connectivity index (χ0) is 22.1. The van der Waals surface area contributed by atoms with Gasteiger partial charge in [0.1, 0.15) is 6.54 Å². The standard InChI is InChI=1S/C19H16F3N3O5/c20-12-6-7-13(18(22)17(12)21)25-14(26)8-23-15(27)10-30-16(28)9-24-19(29)11-4-2-1-3-5-11/h1-7H,8-10H2,(H,23,27)(H,24,29)(H,25,26). The van der Waals surface area contributed by atoms with E-state index in [4.69, 9.17) is 0 Å². The van der Waals surface area contributed by atoms with E-state index < -0.39 is 66.5 Å². The van der Waals surface area contributed by atoms with Crippen LogP contribution < -0.4 is 16.0 Å². The topological polar surface area (TPSA) is 114 Å². The van der Waals surface area contributed by atoms with E-state index in [2.05, 4.69) is 15.4 Å². The first-order valence-corrected chi connectivity index (χ1v) is 8.47. The first-order chi connectivity index (χ1) is 14.3. The molecule has 0 saturated carbocycles. The highest BCUT2D eigenvalue weighted by Gasteiger charge is 2.16. The molecule has 0 spiro atoms.